The van der Waals surface area contributed by atoms with Gasteiger partial charge in [0, 0.05) is 73.0 Å². The number of ether oxygens (including phenoxy) is 1. The van der Waals surface area contributed by atoms with Gasteiger partial charge in [-0.2, -0.15) is 10.2 Å². The number of nitrogens with one attached hydrogen (secondary N) is 3. The fraction of sp³-hybridized carbons (Fsp3) is 0.217. The summed E-state index contributed by atoms with van der Waals surface area (Å²) in [6.45, 7) is 1.62. The molecule has 4 heterocycles. The molecule has 1 aliphatic heterocycles. The van der Waals surface area contributed by atoms with Crippen LogP contribution in [-0.4, -0.2) is 37.5 Å². The number of carbonyl (C=O) groups is 1. The van der Waals surface area contributed by atoms with Gasteiger partial charge in [-0.25, -0.2) is 4.98 Å². The van der Waals surface area contributed by atoms with Gasteiger partial charge in [-0.3, -0.25) is 14.6 Å². The maximum atomic E-state index is 12.6. The van der Waals surface area contributed by atoms with Crippen molar-refractivity contribution in [1.82, 2.24) is 30.3 Å². The molecular formula is C23H23N7O2. The third-order valence-electron chi connectivity index (χ3n) is 5.40. The first-order chi connectivity index (χ1) is 15.7. The molecule has 1 amide bonds. The standard InChI is InChI=1S/C23H23N7O2/c1-30-14-16(10-29-30)9-26-23(31)17-4-2-3-15(7-17)8-24-22-19-5-6-32-21(19)20(13-25-22)18-11-27-28-12-18/h2-4,7,10-14H,5-6,8-9H2,1H3,(H,24,25)(H,26,31)(H,27,28). The number of pyridine rings is 1. The third kappa shape index (κ3) is 4.04. The van der Waals surface area contributed by atoms with Gasteiger partial charge >= 0.3 is 0 Å². The molecular weight excluding hydrogens is 406 g/mol. The lowest BCUT2D eigenvalue weighted by Crippen LogP contribution is -2.22. The quantitative estimate of drug-likeness (QED) is 0.417. The molecule has 0 saturated heterocycles. The first kappa shape index (κ1) is 19.8. The van der Waals surface area contributed by atoms with Crippen molar-refractivity contribution in [1.29, 1.82) is 0 Å². The second-order valence-corrected chi connectivity index (χ2v) is 7.67. The lowest BCUT2D eigenvalue weighted by molar-refractivity contribution is 0.0951. The number of benzene rings is 1. The molecule has 4 aromatic rings. The Labute approximate surface area is 184 Å². The van der Waals surface area contributed by atoms with E-state index in [0.29, 0.717) is 25.3 Å². The van der Waals surface area contributed by atoms with E-state index < -0.39 is 0 Å². The Morgan fingerprint density at radius 2 is 2.16 bits per heavy atom. The molecule has 32 heavy (non-hydrogen) atoms. The summed E-state index contributed by atoms with van der Waals surface area (Å²) in [7, 11) is 1.85. The number of aromatic nitrogens is 5. The second-order valence-electron chi connectivity index (χ2n) is 7.67. The van der Waals surface area contributed by atoms with Crippen LogP contribution in [0.2, 0.25) is 0 Å². The summed E-state index contributed by atoms with van der Waals surface area (Å²) in [4.78, 5) is 17.2. The molecule has 0 atom stereocenters. The van der Waals surface area contributed by atoms with Crippen molar-refractivity contribution < 1.29 is 9.53 Å². The number of H-pyrrole nitrogens is 1. The van der Waals surface area contributed by atoms with Crippen molar-refractivity contribution in [2.45, 2.75) is 19.5 Å². The van der Waals surface area contributed by atoms with Gasteiger partial charge in [0.15, 0.2) is 0 Å². The Morgan fingerprint density at radius 1 is 1.22 bits per heavy atom. The monoisotopic (exact) mass is 429 g/mol. The van der Waals surface area contributed by atoms with Gasteiger partial charge in [-0.15, -0.1) is 0 Å². The van der Waals surface area contributed by atoms with E-state index in [0.717, 1.165) is 45.8 Å². The summed E-state index contributed by atoms with van der Waals surface area (Å²) < 4.78 is 7.59. The zero-order valence-corrected chi connectivity index (χ0v) is 17.6. The number of nitrogens with zero attached hydrogens (tertiary/aromatic N) is 4. The van der Waals surface area contributed by atoms with Crippen molar-refractivity contribution in [3.8, 4) is 16.9 Å². The van der Waals surface area contributed by atoms with Gasteiger partial charge in [-0.1, -0.05) is 12.1 Å². The number of anilines is 1. The molecule has 5 rings (SSSR count). The van der Waals surface area contributed by atoms with Crippen LogP contribution in [0, 0.1) is 0 Å². The Kier molecular flexibility index (Phi) is 5.29. The van der Waals surface area contributed by atoms with Gasteiger partial charge in [0.2, 0.25) is 0 Å². The van der Waals surface area contributed by atoms with Gasteiger partial charge in [0.05, 0.1) is 19.0 Å². The van der Waals surface area contributed by atoms with Gasteiger partial charge in [0.25, 0.3) is 5.91 Å². The molecule has 0 fully saturated rings. The predicted molar refractivity (Wildman–Crippen MR) is 119 cm³/mol. The van der Waals surface area contributed by atoms with E-state index in [-0.39, 0.29) is 5.91 Å². The lowest BCUT2D eigenvalue weighted by atomic mass is 10.1. The smallest absolute Gasteiger partial charge is 0.251 e. The number of aryl methyl sites for hydroxylation is 1. The average Bonchev–Trinajstić information content (AvgIpc) is 3.58. The highest BCUT2D eigenvalue weighted by Crippen LogP contribution is 2.39. The molecule has 162 valence electrons. The number of carbonyl (C=O) groups excluding carboxylic acids is 1. The number of hydrogen-bond acceptors (Lipinski definition) is 6. The summed E-state index contributed by atoms with van der Waals surface area (Å²) in [5.74, 6) is 1.54. The maximum absolute atomic E-state index is 12.6. The first-order valence-electron chi connectivity index (χ1n) is 10.4. The minimum Gasteiger partial charge on any atom is -0.492 e. The van der Waals surface area contributed by atoms with Crippen molar-refractivity contribution in [3.05, 3.63) is 77.5 Å². The van der Waals surface area contributed by atoms with Crippen LogP contribution in [0.1, 0.15) is 27.0 Å². The molecule has 1 aromatic carbocycles. The van der Waals surface area contributed by atoms with Crippen molar-refractivity contribution in [2.75, 3.05) is 11.9 Å². The van der Waals surface area contributed by atoms with Crippen LogP contribution in [0.4, 0.5) is 5.82 Å². The molecule has 0 aliphatic carbocycles. The molecule has 0 spiro atoms. The van der Waals surface area contributed by atoms with E-state index in [1.165, 1.54) is 0 Å². The topological polar surface area (TPSA) is 110 Å². The van der Waals surface area contributed by atoms with E-state index >= 15 is 0 Å². The molecule has 1 aliphatic rings. The molecule has 0 radical (unpaired) electrons. The third-order valence-corrected chi connectivity index (χ3v) is 5.40. The van der Waals surface area contributed by atoms with E-state index in [2.05, 4.69) is 30.9 Å². The largest absolute Gasteiger partial charge is 0.492 e. The van der Waals surface area contributed by atoms with Crippen LogP contribution >= 0.6 is 0 Å². The highest BCUT2D eigenvalue weighted by Gasteiger charge is 2.22. The molecule has 3 N–H and O–H groups in total. The fourth-order valence-electron chi connectivity index (χ4n) is 3.80. The normalized spacial score (nSPS) is 12.3. The van der Waals surface area contributed by atoms with Crippen LogP contribution < -0.4 is 15.4 Å². The number of aromatic amines is 1. The molecule has 3 aromatic heterocycles. The molecule has 9 heteroatoms. The Morgan fingerprint density at radius 3 is 2.97 bits per heavy atom. The van der Waals surface area contributed by atoms with E-state index in [4.69, 9.17) is 4.74 Å². The van der Waals surface area contributed by atoms with Crippen LogP contribution in [0.25, 0.3) is 11.1 Å². The van der Waals surface area contributed by atoms with E-state index in [9.17, 15) is 4.79 Å². The summed E-state index contributed by atoms with van der Waals surface area (Å²) in [5, 5.41) is 17.3. The molecule has 9 nitrogen and oxygen atoms in total. The van der Waals surface area contributed by atoms with Gasteiger partial charge in [-0.05, 0) is 17.7 Å². The average molecular weight is 429 g/mol. The minimum absolute atomic E-state index is 0.118. The maximum Gasteiger partial charge on any atom is 0.251 e. The van der Waals surface area contributed by atoms with Crippen molar-refractivity contribution in [2.24, 2.45) is 7.05 Å². The van der Waals surface area contributed by atoms with Gasteiger partial charge in [0.1, 0.15) is 11.6 Å². The fourth-order valence-corrected chi connectivity index (χ4v) is 3.80. The molecule has 0 bridgehead atoms. The van der Waals surface area contributed by atoms with Crippen LogP contribution in [-0.2, 0) is 26.6 Å². The van der Waals surface area contributed by atoms with E-state index in [1.54, 1.807) is 23.3 Å². The Balaban J connectivity index is 1.26. The first-order valence-corrected chi connectivity index (χ1v) is 10.4. The predicted octanol–water partition coefficient (Wildman–Crippen LogP) is 2.68. The zero-order chi connectivity index (χ0) is 21.9. The Bertz CT molecular complexity index is 1250. The van der Waals surface area contributed by atoms with Crippen molar-refractivity contribution in [3.63, 3.8) is 0 Å². The highest BCUT2D eigenvalue weighted by atomic mass is 16.5. The van der Waals surface area contributed by atoms with E-state index in [1.807, 2.05) is 43.7 Å². The summed E-state index contributed by atoms with van der Waals surface area (Å²) in [6.07, 6.45) is 9.82. The summed E-state index contributed by atoms with van der Waals surface area (Å²) >= 11 is 0. The number of fused-ring (bicyclic) bond motifs is 1. The van der Waals surface area contributed by atoms with Crippen LogP contribution in [0.3, 0.4) is 0 Å². The Hall–Kier alpha value is -4.14. The summed E-state index contributed by atoms with van der Waals surface area (Å²) in [6, 6.07) is 7.58. The summed E-state index contributed by atoms with van der Waals surface area (Å²) in [5.41, 5.74) is 5.52. The number of rotatable bonds is 7. The highest BCUT2D eigenvalue weighted by molar-refractivity contribution is 5.94. The molecule has 0 saturated carbocycles. The van der Waals surface area contributed by atoms with Crippen LogP contribution in [0.5, 0.6) is 5.75 Å². The van der Waals surface area contributed by atoms with Gasteiger partial charge < -0.3 is 15.4 Å². The molecule has 0 unspecified atom stereocenters. The van der Waals surface area contributed by atoms with Crippen LogP contribution in [0.15, 0.2) is 55.2 Å². The second kappa shape index (κ2) is 8.54. The number of amides is 1. The number of hydrogen-bond donors (Lipinski definition) is 3. The minimum atomic E-state index is -0.118. The zero-order valence-electron chi connectivity index (χ0n) is 17.6. The van der Waals surface area contributed by atoms with Crippen molar-refractivity contribution >= 4 is 11.7 Å². The SMILES string of the molecule is Cn1cc(CNC(=O)c2cccc(CNc3ncc(-c4cn[nH]c4)c4c3CCO4)c2)cn1. The lowest BCUT2D eigenvalue weighted by Gasteiger charge is -2.12.